The van der Waals surface area contributed by atoms with Crippen LogP contribution in [-0.4, -0.2) is 6.26 Å². The Balaban J connectivity index is 2.22. The van der Waals surface area contributed by atoms with Crippen molar-refractivity contribution in [3.05, 3.63) is 76.2 Å². The molecule has 1 heteroatoms. The smallest absolute Gasteiger partial charge is 0.00134 e. The second-order valence-corrected chi connectivity index (χ2v) is 5.43. The maximum atomic E-state index is 2.26. The van der Waals surface area contributed by atoms with Crippen molar-refractivity contribution in [1.82, 2.24) is 0 Å². The van der Waals surface area contributed by atoms with Gasteiger partial charge < -0.3 is 0 Å². The highest BCUT2D eigenvalue weighted by Crippen LogP contribution is 2.39. The Morgan fingerprint density at radius 3 is 2.33 bits per heavy atom. The summed E-state index contributed by atoms with van der Waals surface area (Å²) in [5, 5.41) is 0. The average Bonchev–Trinajstić information content (AvgIpc) is 2.47. The van der Waals surface area contributed by atoms with Crippen molar-refractivity contribution in [2.75, 3.05) is 6.26 Å². The van der Waals surface area contributed by atoms with Crippen LogP contribution < -0.4 is 0 Å². The molecule has 0 spiro atoms. The Morgan fingerprint density at radius 2 is 1.56 bits per heavy atom. The summed E-state index contributed by atoms with van der Waals surface area (Å²) in [5.41, 5.74) is 5.67. The fraction of sp³-hybridized carbons (Fsp3) is 0.176. The zero-order valence-electron chi connectivity index (χ0n) is 10.5. The summed E-state index contributed by atoms with van der Waals surface area (Å²) >= 11 is 1.89. The SMILES string of the molecule is CSC1=C(c2ccccc2)c2ccccc2CC1. The third-order valence-electron chi connectivity index (χ3n) is 3.50. The van der Waals surface area contributed by atoms with E-state index in [1.807, 2.05) is 11.8 Å². The zero-order chi connectivity index (χ0) is 12.4. The van der Waals surface area contributed by atoms with Gasteiger partial charge in [-0.3, -0.25) is 0 Å². The molecule has 0 radical (unpaired) electrons. The highest BCUT2D eigenvalue weighted by molar-refractivity contribution is 8.02. The summed E-state index contributed by atoms with van der Waals surface area (Å²) in [7, 11) is 0. The number of allylic oxidation sites excluding steroid dienone is 1. The van der Waals surface area contributed by atoms with E-state index in [1.165, 1.54) is 40.0 Å². The van der Waals surface area contributed by atoms with Crippen LogP contribution in [0.15, 0.2) is 59.5 Å². The predicted molar refractivity (Wildman–Crippen MR) is 80.7 cm³/mol. The van der Waals surface area contributed by atoms with E-state index in [9.17, 15) is 0 Å². The van der Waals surface area contributed by atoms with Crippen molar-refractivity contribution in [2.24, 2.45) is 0 Å². The van der Waals surface area contributed by atoms with Crippen LogP contribution in [0.1, 0.15) is 23.1 Å². The van der Waals surface area contributed by atoms with Gasteiger partial charge in [0.1, 0.15) is 0 Å². The van der Waals surface area contributed by atoms with Gasteiger partial charge in [-0.1, -0.05) is 54.6 Å². The summed E-state index contributed by atoms with van der Waals surface area (Å²) in [4.78, 5) is 1.51. The fourth-order valence-electron chi connectivity index (χ4n) is 2.63. The maximum Gasteiger partial charge on any atom is -0.00134 e. The molecule has 0 unspecified atom stereocenters. The molecule has 18 heavy (non-hydrogen) atoms. The first kappa shape index (κ1) is 11.6. The molecule has 0 N–H and O–H groups in total. The van der Waals surface area contributed by atoms with Gasteiger partial charge in [0.25, 0.3) is 0 Å². The van der Waals surface area contributed by atoms with Gasteiger partial charge in [0.2, 0.25) is 0 Å². The number of thioether (sulfide) groups is 1. The molecule has 0 saturated heterocycles. The van der Waals surface area contributed by atoms with Gasteiger partial charge in [0.05, 0.1) is 0 Å². The van der Waals surface area contributed by atoms with Gasteiger partial charge in [-0.05, 0) is 46.3 Å². The quantitative estimate of drug-likeness (QED) is 0.743. The van der Waals surface area contributed by atoms with Crippen LogP contribution in [0.2, 0.25) is 0 Å². The van der Waals surface area contributed by atoms with Crippen molar-refractivity contribution < 1.29 is 0 Å². The average molecular weight is 252 g/mol. The molecule has 0 saturated carbocycles. The molecule has 1 aliphatic rings. The minimum atomic E-state index is 1.17. The number of benzene rings is 2. The molecule has 0 bridgehead atoms. The van der Waals surface area contributed by atoms with Crippen LogP contribution in [0.4, 0.5) is 0 Å². The zero-order valence-corrected chi connectivity index (χ0v) is 11.3. The normalized spacial score (nSPS) is 14.5. The van der Waals surface area contributed by atoms with E-state index in [0.717, 1.165) is 0 Å². The highest BCUT2D eigenvalue weighted by atomic mass is 32.2. The lowest BCUT2D eigenvalue weighted by molar-refractivity contribution is 0.965. The first-order chi connectivity index (χ1) is 8.90. The number of hydrogen-bond acceptors (Lipinski definition) is 1. The van der Waals surface area contributed by atoms with Gasteiger partial charge in [-0.15, -0.1) is 11.8 Å². The lowest BCUT2D eigenvalue weighted by atomic mass is 9.87. The Kier molecular flexibility index (Phi) is 3.24. The second-order valence-electron chi connectivity index (χ2n) is 4.53. The number of rotatable bonds is 2. The van der Waals surface area contributed by atoms with E-state index >= 15 is 0 Å². The maximum absolute atomic E-state index is 2.26. The monoisotopic (exact) mass is 252 g/mol. The molecule has 1 aliphatic carbocycles. The summed E-state index contributed by atoms with van der Waals surface area (Å²) < 4.78 is 0. The Bertz CT molecular complexity index is 582. The summed E-state index contributed by atoms with van der Waals surface area (Å²) in [6, 6.07) is 19.6. The molecule has 2 aromatic carbocycles. The minimum Gasteiger partial charge on any atom is -0.133 e. The van der Waals surface area contributed by atoms with Gasteiger partial charge in [-0.25, -0.2) is 0 Å². The molecule has 0 atom stereocenters. The number of fused-ring (bicyclic) bond motifs is 1. The van der Waals surface area contributed by atoms with Crippen molar-refractivity contribution >= 4 is 17.3 Å². The van der Waals surface area contributed by atoms with Crippen molar-refractivity contribution in [3.63, 3.8) is 0 Å². The Hall–Kier alpha value is -1.47. The van der Waals surface area contributed by atoms with Crippen LogP contribution in [0.5, 0.6) is 0 Å². The van der Waals surface area contributed by atoms with E-state index in [2.05, 4.69) is 60.9 Å². The van der Waals surface area contributed by atoms with E-state index in [-0.39, 0.29) is 0 Å². The van der Waals surface area contributed by atoms with Crippen LogP contribution in [0.25, 0.3) is 5.57 Å². The van der Waals surface area contributed by atoms with Gasteiger partial charge in [0, 0.05) is 0 Å². The molecule has 0 aromatic heterocycles. The largest absolute Gasteiger partial charge is 0.133 e. The molecular formula is C17H16S. The van der Waals surface area contributed by atoms with Crippen LogP contribution in [0, 0.1) is 0 Å². The number of hydrogen-bond donors (Lipinski definition) is 0. The van der Waals surface area contributed by atoms with E-state index < -0.39 is 0 Å². The molecular weight excluding hydrogens is 236 g/mol. The van der Waals surface area contributed by atoms with Crippen molar-refractivity contribution in [3.8, 4) is 0 Å². The Labute approximate surface area is 113 Å². The molecule has 0 nitrogen and oxygen atoms in total. The van der Waals surface area contributed by atoms with Crippen molar-refractivity contribution in [1.29, 1.82) is 0 Å². The van der Waals surface area contributed by atoms with Gasteiger partial charge in [0.15, 0.2) is 0 Å². The fourth-order valence-corrected chi connectivity index (χ4v) is 3.37. The molecule has 3 rings (SSSR count). The predicted octanol–water partition coefficient (Wildman–Crippen LogP) is 4.76. The summed E-state index contributed by atoms with van der Waals surface area (Å²) in [5.74, 6) is 0. The molecule has 90 valence electrons. The first-order valence-electron chi connectivity index (χ1n) is 6.31. The van der Waals surface area contributed by atoms with Crippen LogP contribution in [-0.2, 0) is 6.42 Å². The topological polar surface area (TPSA) is 0 Å². The third-order valence-corrected chi connectivity index (χ3v) is 4.40. The highest BCUT2D eigenvalue weighted by Gasteiger charge is 2.18. The van der Waals surface area contributed by atoms with Crippen molar-refractivity contribution in [2.45, 2.75) is 12.8 Å². The van der Waals surface area contributed by atoms with E-state index in [1.54, 1.807) is 0 Å². The Morgan fingerprint density at radius 1 is 0.833 bits per heavy atom. The summed E-state index contributed by atoms with van der Waals surface area (Å²) in [6.07, 6.45) is 4.53. The number of aryl methyl sites for hydroxylation is 1. The van der Waals surface area contributed by atoms with Crippen LogP contribution >= 0.6 is 11.8 Å². The van der Waals surface area contributed by atoms with Gasteiger partial charge >= 0.3 is 0 Å². The first-order valence-corrected chi connectivity index (χ1v) is 7.53. The van der Waals surface area contributed by atoms with Gasteiger partial charge in [-0.2, -0.15) is 0 Å². The second kappa shape index (κ2) is 5.03. The van der Waals surface area contributed by atoms with E-state index in [4.69, 9.17) is 0 Å². The molecule has 2 aromatic rings. The summed E-state index contributed by atoms with van der Waals surface area (Å²) in [6.45, 7) is 0. The standard InChI is InChI=1S/C17H16S/c1-18-16-12-11-13-7-5-6-10-15(13)17(16)14-8-3-2-4-9-14/h2-10H,11-12H2,1H3. The minimum absolute atomic E-state index is 1.17. The lowest BCUT2D eigenvalue weighted by Crippen LogP contribution is -2.04. The molecule has 0 heterocycles. The lowest BCUT2D eigenvalue weighted by Gasteiger charge is -2.22. The van der Waals surface area contributed by atoms with E-state index in [0.29, 0.717) is 0 Å². The molecule has 0 aliphatic heterocycles. The van der Waals surface area contributed by atoms with Crippen LogP contribution in [0.3, 0.4) is 0 Å². The molecule has 0 fully saturated rings. The third kappa shape index (κ3) is 1.99. The molecule has 0 amide bonds.